The van der Waals surface area contributed by atoms with E-state index in [1.807, 2.05) is 6.07 Å². The van der Waals surface area contributed by atoms with Gasteiger partial charge in [0.15, 0.2) is 0 Å². The van der Waals surface area contributed by atoms with Crippen molar-refractivity contribution < 1.29 is 4.84 Å². The Bertz CT molecular complexity index is 97.1. The van der Waals surface area contributed by atoms with Crippen molar-refractivity contribution in [3.8, 4) is 6.07 Å². The van der Waals surface area contributed by atoms with E-state index in [4.69, 9.17) is 10.1 Å². The van der Waals surface area contributed by atoms with Crippen molar-refractivity contribution in [1.82, 2.24) is 5.06 Å². The van der Waals surface area contributed by atoms with Crippen LogP contribution >= 0.6 is 0 Å². The summed E-state index contributed by atoms with van der Waals surface area (Å²) in [7, 11) is 3.25. The zero-order valence-corrected chi connectivity index (χ0v) is 5.38. The van der Waals surface area contributed by atoms with E-state index in [2.05, 4.69) is 0 Å². The predicted molar refractivity (Wildman–Crippen MR) is 29.8 cm³/mol. The van der Waals surface area contributed by atoms with Gasteiger partial charge in [-0.3, -0.25) is 0 Å². The summed E-state index contributed by atoms with van der Waals surface area (Å²) in [5.41, 5.74) is 0. The highest BCUT2D eigenvalue weighted by molar-refractivity contribution is 4.83. The fourth-order valence-corrected chi connectivity index (χ4v) is 0.239. The monoisotopic (exact) mass is 114 g/mol. The minimum atomic E-state index is -0.167. The molecule has 0 spiro atoms. The van der Waals surface area contributed by atoms with Gasteiger partial charge in [0.1, 0.15) is 6.04 Å². The average Bonchev–Trinajstić information content (AvgIpc) is 1.84. The standard InChI is InChI=1S/C5H10N2O/c1-5(4-6)7(2)8-3/h5H,1-3H3. The molecule has 1 atom stereocenters. The van der Waals surface area contributed by atoms with Crippen LogP contribution in [0, 0.1) is 11.3 Å². The normalized spacial score (nSPS) is 13.4. The van der Waals surface area contributed by atoms with Crippen molar-refractivity contribution in [1.29, 1.82) is 5.26 Å². The molecule has 0 fully saturated rings. The van der Waals surface area contributed by atoms with Crippen LogP contribution < -0.4 is 0 Å². The highest BCUT2D eigenvalue weighted by Gasteiger charge is 2.03. The van der Waals surface area contributed by atoms with Crippen LogP contribution in [0.1, 0.15) is 6.92 Å². The lowest BCUT2D eigenvalue weighted by Crippen LogP contribution is -2.25. The fourth-order valence-electron chi connectivity index (χ4n) is 0.239. The number of hydrogen-bond donors (Lipinski definition) is 0. The molecule has 0 amide bonds. The van der Waals surface area contributed by atoms with Crippen LogP contribution in [0.2, 0.25) is 0 Å². The van der Waals surface area contributed by atoms with E-state index in [9.17, 15) is 0 Å². The molecule has 0 bridgehead atoms. The van der Waals surface area contributed by atoms with Crippen molar-refractivity contribution in [3.05, 3.63) is 0 Å². The van der Waals surface area contributed by atoms with Crippen LogP contribution in [0.3, 0.4) is 0 Å². The van der Waals surface area contributed by atoms with Gasteiger partial charge in [-0.05, 0) is 6.92 Å². The van der Waals surface area contributed by atoms with E-state index < -0.39 is 0 Å². The topological polar surface area (TPSA) is 36.3 Å². The summed E-state index contributed by atoms with van der Waals surface area (Å²) < 4.78 is 0. The number of nitriles is 1. The fraction of sp³-hybridized carbons (Fsp3) is 0.800. The third kappa shape index (κ3) is 1.92. The molecular formula is C5H10N2O. The van der Waals surface area contributed by atoms with Crippen molar-refractivity contribution >= 4 is 0 Å². The van der Waals surface area contributed by atoms with E-state index in [1.165, 1.54) is 12.2 Å². The van der Waals surface area contributed by atoms with Gasteiger partial charge in [-0.25, -0.2) is 0 Å². The van der Waals surface area contributed by atoms with Crippen LogP contribution in [0.4, 0.5) is 0 Å². The molecular weight excluding hydrogens is 104 g/mol. The quantitative estimate of drug-likeness (QED) is 0.487. The number of hydroxylamine groups is 2. The maximum absolute atomic E-state index is 8.26. The number of hydrogen-bond acceptors (Lipinski definition) is 3. The SMILES string of the molecule is CON(C)C(C)C#N. The summed E-state index contributed by atoms with van der Waals surface area (Å²) >= 11 is 0. The maximum atomic E-state index is 8.26. The second-order valence-electron chi connectivity index (χ2n) is 1.53. The minimum Gasteiger partial charge on any atom is -0.301 e. The van der Waals surface area contributed by atoms with E-state index in [-0.39, 0.29) is 6.04 Å². The van der Waals surface area contributed by atoms with Crippen LogP contribution in [0.25, 0.3) is 0 Å². The Morgan fingerprint density at radius 1 is 1.75 bits per heavy atom. The molecule has 46 valence electrons. The molecule has 0 saturated heterocycles. The molecule has 0 aromatic heterocycles. The van der Waals surface area contributed by atoms with Crippen molar-refractivity contribution in [2.45, 2.75) is 13.0 Å². The molecule has 8 heavy (non-hydrogen) atoms. The lowest BCUT2D eigenvalue weighted by molar-refractivity contribution is -0.122. The van der Waals surface area contributed by atoms with Gasteiger partial charge in [0.25, 0.3) is 0 Å². The van der Waals surface area contributed by atoms with Gasteiger partial charge in [-0.2, -0.15) is 10.3 Å². The van der Waals surface area contributed by atoms with Gasteiger partial charge in [0.05, 0.1) is 13.2 Å². The van der Waals surface area contributed by atoms with Gasteiger partial charge < -0.3 is 4.84 Å². The average molecular weight is 114 g/mol. The summed E-state index contributed by atoms with van der Waals surface area (Å²) in [6.07, 6.45) is 0. The second kappa shape index (κ2) is 3.42. The summed E-state index contributed by atoms with van der Waals surface area (Å²) in [4.78, 5) is 4.71. The second-order valence-corrected chi connectivity index (χ2v) is 1.53. The van der Waals surface area contributed by atoms with Crippen LogP contribution in [0.15, 0.2) is 0 Å². The van der Waals surface area contributed by atoms with Crippen LogP contribution in [-0.2, 0) is 4.84 Å². The van der Waals surface area contributed by atoms with Crippen molar-refractivity contribution in [2.75, 3.05) is 14.2 Å². The van der Waals surface area contributed by atoms with Gasteiger partial charge in [0, 0.05) is 7.05 Å². The molecule has 0 rings (SSSR count). The predicted octanol–water partition coefficient (Wildman–Crippen LogP) is 0.392. The maximum Gasteiger partial charge on any atom is 0.119 e. The smallest absolute Gasteiger partial charge is 0.119 e. The van der Waals surface area contributed by atoms with Gasteiger partial charge in [0.2, 0.25) is 0 Å². The Balaban J connectivity index is 3.49. The molecule has 0 heterocycles. The number of rotatable bonds is 2. The Labute approximate surface area is 49.4 Å². The Morgan fingerprint density at radius 2 is 2.25 bits per heavy atom. The van der Waals surface area contributed by atoms with Gasteiger partial charge in [-0.1, -0.05) is 0 Å². The summed E-state index contributed by atoms with van der Waals surface area (Å²) in [6, 6.07) is 1.85. The molecule has 0 aliphatic heterocycles. The molecule has 0 aromatic rings. The van der Waals surface area contributed by atoms with E-state index in [0.29, 0.717) is 0 Å². The molecule has 3 heteroatoms. The Hall–Kier alpha value is -0.590. The third-order valence-electron chi connectivity index (χ3n) is 1.02. The van der Waals surface area contributed by atoms with Gasteiger partial charge in [-0.15, -0.1) is 0 Å². The van der Waals surface area contributed by atoms with E-state index in [0.717, 1.165) is 0 Å². The highest BCUT2D eigenvalue weighted by atomic mass is 16.7. The van der Waals surface area contributed by atoms with Crippen LogP contribution in [-0.4, -0.2) is 25.3 Å². The third-order valence-corrected chi connectivity index (χ3v) is 1.02. The highest BCUT2D eigenvalue weighted by Crippen LogP contribution is 1.90. The molecule has 0 aliphatic rings. The first-order chi connectivity index (χ1) is 3.72. The molecule has 0 saturated carbocycles. The lowest BCUT2D eigenvalue weighted by Gasteiger charge is -2.14. The minimum absolute atomic E-state index is 0.167. The summed E-state index contributed by atoms with van der Waals surface area (Å²) in [5.74, 6) is 0. The molecule has 0 radical (unpaired) electrons. The first kappa shape index (κ1) is 7.41. The zero-order chi connectivity index (χ0) is 6.57. The molecule has 1 unspecified atom stereocenters. The van der Waals surface area contributed by atoms with Gasteiger partial charge >= 0.3 is 0 Å². The summed E-state index contributed by atoms with van der Waals surface area (Å²) in [5, 5.41) is 9.75. The first-order valence-corrected chi connectivity index (χ1v) is 2.39. The Morgan fingerprint density at radius 3 is 2.38 bits per heavy atom. The molecule has 0 aromatic carbocycles. The van der Waals surface area contributed by atoms with Crippen molar-refractivity contribution in [2.24, 2.45) is 0 Å². The zero-order valence-electron chi connectivity index (χ0n) is 5.38. The first-order valence-electron chi connectivity index (χ1n) is 2.39. The largest absolute Gasteiger partial charge is 0.301 e. The van der Waals surface area contributed by atoms with E-state index >= 15 is 0 Å². The molecule has 0 N–H and O–H groups in total. The molecule has 3 nitrogen and oxygen atoms in total. The molecule has 0 aliphatic carbocycles. The Kier molecular flexibility index (Phi) is 3.16. The number of nitrogens with zero attached hydrogens (tertiary/aromatic N) is 2. The lowest BCUT2D eigenvalue weighted by atomic mass is 10.4. The van der Waals surface area contributed by atoms with E-state index in [1.54, 1.807) is 14.0 Å². The van der Waals surface area contributed by atoms with Crippen LogP contribution in [0.5, 0.6) is 0 Å². The van der Waals surface area contributed by atoms with Crippen molar-refractivity contribution in [3.63, 3.8) is 0 Å². The summed E-state index contributed by atoms with van der Waals surface area (Å²) in [6.45, 7) is 1.77.